The molecule has 90 valence electrons. The Kier molecular flexibility index (Phi) is 3.27. The summed E-state index contributed by atoms with van der Waals surface area (Å²) < 4.78 is 66.2. The number of alkyl halides is 3. The third-order valence-electron chi connectivity index (χ3n) is 1.78. The molecule has 2 N–H and O–H groups in total. The minimum atomic E-state index is -4.83. The number of hydrogen-bond acceptors (Lipinski definition) is 3. The molecule has 0 fully saturated rings. The topological polar surface area (TPSA) is 74.6 Å². The van der Waals surface area contributed by atoms with E-state index in [4.69, 9.17) is 9.66 Å². The van der Waals surface area contributed by atoms with Crippen molar-refractivity contribution in [3.05, 3.63) is 35.4 Å². The largest absolute Gasteiger partial charge is 0.416 e. The van der Waals surface area contributed by atoms with Crippen molar-refractivity contribution >= 4 is 10.1 Å². The smallest absolute Gasteiger partial charge is 0.371 e. The van der Waals surface area contributed by atoms with Crippen LogP contribution in [0.4, 0.5) is 13.2 Å². The summed E-state index contributed by atoms with van der Waals surface area (Å²) in [6, 6.07) is 3.08. The molecule has 0 aliphatic rings. The Morgan fingerprint density at radius 1 is 1.25 bits per heavy atom. The molecule has 0 saturated carbocycles. The average molecular weight is 256 g/mol. The molecule has 0 aromatic heterocycles. The Bertz CT molecular complexity index is 480. The molecule has 0 aliphatic heterocycles. The molecule has 0 spiro atoms. The zero-order chi connectivity index (χ0) is 12.6. The number of rotatable bonds is 2. The Balaban J connectivity index is 3.19. The normalized spacial score (nSPS) is 14.8. The summed E-state index contributed by atoms with van der Waals surface area (Å²) in [4.78, 5) is 0. The third kappa shape index (κ3) is 2.94. The summed E-state index contributed by atoms with van der Waals surface area (Å²) in [7, 11) is -4.83. The van der Waals surface area contributed by atoms with E-state index in [9.17, 15) is 21.6 Å². The fraction of sp³-hybridized carbons (Fsp3) is 0.250. The number of aliphatic hydroxyl groups excluding tert-OH is 1. The molecule has 8 heteroatoms. The molecular weight excluding hydrogens is 249 g/mol. The maximum absolute atomic E-state index is 12.2. The van der Waals surface area contributed by atoms with Gasteiger partial charge in [-0.3, -0.25) is 4.55 Å². The molecule has 4 nitrogen and oxygen atoms in total. The second-order valence-corrected chi connectivity index (χ2v) is 4.47. The fourth-order valence-corrected chi connectivity index (χ4v) is 1.53. The van der Waals surface area contributed by atoms with Gasteiger partial charge in [0.2, 0.25) is 5.44 Å². The quantitative estimate of drug-likeness (QED) is 0.788. The fourth-order valence-electron chi connectivity index (χ4n) is 1.04. The van der Waals surface area contributed by atoms with Crippen LogP contribution in [0.15, 0.2) is 24.3 Å². The van der Waals surface area contributed by atoms with Gasteiger partial charge in [-0.1, -0.05) is 12.1 Å². The van der Waals surface area contributed by atoms with Crippen LogP contribution in [0, 0.1) is 0 Å². The Morgan fingerprint density at radius 3 is 2.25 bits per heavy atom. The van der Waals surface area contributed by atoms with Gasteiger partial charge in [0.05, 0.1) is 5.56 Å². The Hall–Kier alpha value is -1.12. The van der Waals surface area contributed by atoms with Crippen LogP contribution in [-0.2, 0) is 16.3 Å². The average Bonchev–Trinajstić information content (AvgIpc) is 2.14. The van der Waals surface area contributed by atoms with Crippen molar-refractivity contribution in [2.24, 2.45) is 0 Å². The van der Waals surface area contributed by atoms with Crippen LogP contribution in [0.5, 0.6) is 0 Å². The number of benzene rings is 1. The molecule has 0 heterocycles. The zero-order valence-corrected chi connectivity index (χ0v) is 8.46. The van der Waals surface area contributed by atoms with Gasteiger partial charge in [-0.25, -0.2) is 0 Å². The predicted octanol–water partition coefficient (Wildman–Crippen LogP) is 1.58. The lowest BCUT2D eigenvalue weighted by Crippen LogP contribution is -2.13. The Labute approximate surface area is 89.1 Å². The molecule has 0 bridgehead atoms. The molecule has 1 aromatic carbocycles. The van der Waals surface area contributed by atoms with E-state index in [-0.39, 0.29) is 0 Å². The first-order chi connectivity index (χ1) is 7.12. The molecular formula is C8H7F3O4S. The summed E-state index contributed by atoms with van der Waals surface area (Å²) in [5.74, 6) is 0. The highest BCUT2D eigenvalue weighted by Gasteiger charge is 2.32. The molecule has 1 aromatic rings. The van der Waals surface area contributed by atoms with Crippen LogP contribution >= 0.6 is 0 Å². The highest BCUT2D eigenvalue weighted by Crippen LogP contribution is 2.31. The predicted molar refractivity (Wildman–Crippen MR) is 48.0 cm³/mol. The molecule has 16 heavy (non-hydrogen) atoms. The lowest BCUT2D eigenvalue weighted by Gasteiger charge is -2.11. The van der Waals surface area contributed by atoms with Crippen molar-refractivity contribution in [2.75, 3.05) is 0 Å². The number of halogens is 3. The highest BCUT2D eigenvalue weighted by atomic mass is 32.2. The second kappa shape index (κ2) is 4.04. The van der Waals surface area contributed by atoms with E-state index < -0.39 is 32.9 Å². The van der Waals surface area contributed by atoms with E-state index in [0.717, 1.165) is 18.2 Å². The third-order valence-corrected chi connectivity index (χ3v) is 2.62. The van der Waals surface area contributed by atoms with Gasteiger partial charge in [-0.15, -0.1) is 0 Å². The number of hydrogen-bond donors (Lipinski definition) is 2. The molecule has 0 saturated heterocycles. The van der Waals surface area contributed by atoms with Gasteiger partial charge in [-0.2, -0.15) is 21.6 Å². The zero-order valence-electron chi connectivity index (χ0n) is 7.64. The summed E-state index contributed by atoms with van der Waals surface area (Å²) in [5, 5.41) is 9.04. The number of aliphatic hydroxyl groups is 1. The van der Waals surface area contributed by atoms with E-state index in [0.29, 0.717) is 6.07 Å². The van der Waals surface area contributed by atoms with Crippen LogP contribution in [0.2, 0.25) is 0 Å². The van der Waals surface area contributed by atoms with Gasteiger partial charge >= 0.3 is 6.18 Å². The van der Waals surface area contributed by atoms with E-state index in [1.807, 2.05) is 0 Å². The monoisotopic (exact) mass is 256 g/mol. The van der Waals surface area contributed by atoms with Crippen LogP contribution in [-0.4, -0.2) is 18.1 Å². The van der Waals surface area contributed by atoms with E-state index >= 15 is 0 Å². The van der Waals surface area contributed by atoms with Crippen LogP contribution in [0.3, 0.4) is 0 Å². The first-order valence-corrected chi connectivity index (χ1v) is 5.44. The molecule has 1 atom stereocenters. The Morgan fingerprint density at radius 2 is 1.81 bits per heavy atom. The summed E-state index contributed by atoms with van der Waals surface area (Å²) in [5.41, 5.74) is -4.03. The molecule has 0 aliphatic carbocycles. The van der Waals surface area contributed by atoms with Gasteiger partial charge in [0.15, 0.2) is 0 Å². The standard InChI is InChI=1S/C8H7F3O4S/c9-8(10,11)6-3-1-2-5(4-6)7(12)16(13,14)15/h1-4,7,12H,(H,13,14,15). The summed E-state index contributed by atoms with van der Waals surface area (Å²) in [6.07, 6.45) is -4.64. The van der Waals surface area contributed by atoms with E-state index in [1.54, 1.807) is 0 Å². The van der Waals surface area contributed by atoms with Crippen LogP contribution < -0.4 is 0 Å². The summed E-state index contributed by atoms with van der Waals surface area (Å²) >= 11 is 0. The molecule has 1 rings (SSSR count). The first kappa shape index (κ1) is 12.9. The lowest BCUT2D eigenvalue weighted by molar-refractivity contribution is -0.137. The van der Waals surface area contributed by atoms with Crippen LogP contribution in [0.25, 0.3) is 0 Å². The lowest BCUT2D eigenvalue weighted by atomic mass is 10.1. The van der Waals surface area contributed by atoms with Crippen molar-refractivity contribution in [3.63, 3.8) is 0 Å². The van der Waals surface area contributed by atoms with Crippen LogP contribution in [0.1, 0.15) is 16.6 Å². The van der Waals surface area contributed by atoms with E-state index in [1.165, 1.54) is 0 Å². The van der Waals surface area contributed by atoms with Gasteiger partial charge in [0.1, 0.15) is 0 Å². The van der Waals surface area contributed by atoms with Crippen molar-refractivity contribution in [1.82, 2.24) is 0 Å². The maximum atomic E-state index is 12.2. The minimum absolute atomic E-state index is 0.457. The van der Waals surface area contributed by atoms with Gasteiger partial charge in [0, 0.05) is 0 Å². The molecule has 0 radical (unpaired) electrons. The van der Waals surface area contributed by atoms with Crippen molar-refractivity contribution in [2.45, 2.75) is 11.6 Å². The molecule has 0 amide bonds. The van der Waals surface area contributed by atoms with Gasteiger partial charge in [0.25, 0.3) is 10.1 Å². The first-order valence-electron chi connectivity index (χ1n) is 3.94. The van der Waals surface area contributed by atoms with Crippen molar-refractivity contribution in [1.29, 1.82) is 0 Å². The van der Waals surface area contributed by atoms with Gasteiger partial charge in [-0.05, 0) is 17.7 Å². The van der Waals surface area contributed by atoms with E-state index in [2.05, 4.69) is 0 Å². The highest BCUT2D eigenvalue weighted by molar-refractivity contribution is 7.85. The maximum Gasteiger partial charge on any atom is 0.416 e. The molecule has 1 unspecified atom stereocenters. The van der Waals surface area contributed by atoms with Crippen molar-refractivity contribution < 1.29 is 31.2 Å². The SMILES string of the molecule is O=S(=O)(O)C(O)c1cccc(C(F)(F)F)c1. The van der Waals surface area contributed by atoms with Crippen molar-refractivity contribution in [3.8, 4) is 0 Å². The second-order valence-electron chi connectivity index (χ2n) is 2.99. The van der Waals surface area contributed by atoms with Gasteiger partial charge < -0.3 is 5.11 Å². The minimum Gasteiger partial charge on any atom is -0.371 e. The summed E-state index contributed by atoms with van der Waals surface area (Å²) in [6.45, 7) is 0.